The van der Waals surface area contributed by atoms with Crippen LogP contribution in [0.5, 0.6) is 0 Å². The molecule has 0 amide bonds. The van der Waals surface area contributed by atoms with E-state index in [1.165, 1.54) is 12.8 Å². The Morgan fingerprint density at radius 2 is 1.94 bits per heavy atom. The molecule has 2 N–H and O–H groups in total. The number of fused-ring (bicyclic) bond motifs is 2. The average molecular weight is 247 g/mol. The first-order chi connectivity index (χ1) is 8.70. The van der Waals surface area contributed by atoms with E-state index in [1.54, 1.807) is 6.07 Å². The summed E-state index contributed by atoms with van der Waals surface area (Å²) in [5, 5.41) is 18.3. The van der Waals surface area contributed by atoms with Gasteiger partial charge in [-0.25, -0.2) is 0 Å². The topological polar surface area (TPSA) is 52.9 Å². The SMILES string of the molecule is OB(O)c1cccc(CN2CC3CCC(C2)O3)c1. The molecular weight excluding hydrogens is 229 g/mol. The van der Waals surface area contributed by atoms with Crippen molar-refractivity contribution in [2.45, 2.75) is 31.6 Å². The van der Waals surface area contributed by atoms with E-state index in [9.17, 15) is 10.0 Å². The normalized spacial score (nSPS) is 27.4. The third-order valence-electron chi connectivity index (χ3n) is 3.77. The van der Waals surface area contributed by atoms with E-state index in [4.69, 9.17) is 4.74 Å². The second-order valence-electron chi connectivity index (χ2n) is 5.27. The van der Waals surface area contributed by atoms with Crippen LogP contribution in [0.4, 0.5) is 0 Å². The summed E-state index contributed by atoms with van der Waals surface area (Å²) in [4.78, 5) is 2.40. The zero-order valence-corrected chi connectivity index (χ0v) is 10.3. The average Bonchev–Trinajstić information content (AvgIpc) is 2.69. The van der Waals surface area contributed by atoms with Crippen molar-refractivity contribution in [3.8, 4) is 0 Å². The first-order valence-electron chi connectivity index (χ1n) is 6.53. The highest BCUT2D eigenvalue weighted by molar-refractivity contribution is 6.58. The largest absolute Gasteiger partial charge is 0.488 e. The van der Waals surface area contributed by atoms with Gasteiger partial charge < -0.3 is 14.8 Å². The molecule has 2 atom stereocenters. The molecule has 2 unspecified atom stereocenters. The quantitative estimate of drug-likeness (QED) is 0.722. The molecule has 0 aliphatic carbocycles. The van der Waals surface area contributed by atoms with E-state index < -0.39 is 7.12 Å². The molecule has 2 fully saturated rings. The van der Waals surface area contributed by atoms with Crippen LogP contribution in [-0.4, -0.2) is 47.4 Å². The fourth-order valence-electron chi connectivity index (χ4n) is 2.94. The highest BCUT2D eigenvalue weighted by Crippen LogP contribution is 2.26. The maximum Gasteiger partial charge on any atom is 0.488 e. The van der Waals surface area contributed by atoms with Crippen LogP contribution in [0, 0.1) is 0 Å². The van der Waals surface area contributed by atoms with Crippen molar-refractivity contribution in [3.05, 3.63) is 29.8 Å². The highest BCUT2D eigenvalue weighted by Gasteiger charge is 2.33. The second kappa shape index (κ2) is 5.01. The maximum absolute atomic E-state index is 9.17. The van der Waals surface area contributed by atoms with E-state index in [0.29, 0.717) is 17.7 Å². The summed E-state index contributed by atoms with van der Waals surface area (Å²) >= 11 is 0. The van der Waals surface area contributed by atoms with Gasteiger partial charge in [-0.05, 0) is 23.9 Å². The number of benzene rings is 1. The standard InChI is InChI=1S/C13H18BNO3/c16-14(17)11-3-1-2-10(6-11)7-15-8-12-4-5-13(9-15)18-12/h1-3,6,12-13,16-17H,4-5,7-9H2. The summed E-state index contributed by atoms with van der Waals surface area (Å²) < 4.78 is 5.81. The lowest BCUT2D eigenvalue weighted by molar-refractivity contribution is -0.0410. The van der Waals surface area contributed by atoms with Gasteiger partial charge in [0.1, 0.15) is 0 Å². The molecule has 2 aliphatic rings. The molecule has 2 saturated heterocycles. The number of morpholine rings is 1. The van der Waals surface area contributed by atoms with Crippen LogP contribution in [0.1, 0.15) is 18.4 Å². The summed E-state index contributed by atoms with van der Waals surface area (Å²) in [6.07, 6.45) is 3.15. The van der Waals surface area contributed by atoms with Crippen molar-refractivity contribution in [3.63, 3.8) is 0 Å². The first-order valence-corrected chi connectivity index (χ1v) is 6.53. The molecule has 5 heteroatoms. The zero-order valence-electron chi connectivity index (χ0n) is 10.3. The van der Waals surface area contributed by atoms with Crippen LogP contribution >= 0.6 is 0 Å². The molecule has 0 spiro atoms. The number of ether oxygens (including phenoxy) is 1. The van der Waals surface area contributed by atoms with E-state index in [2.05, 4.69) is 4.90 Å². The molecule has 0 aromatic heterocycles. The van der Waals surface area contributed by atoms with Gasteiger partial charge in [-0.15, -0.1) is 0 Å². The molecule has 1 aromatic rings. The van der Waals surface area contributed by atoms with Gasteiger partial charge in [0.15, 0.2) is 0 Å². The van der Waals surface area contributed by atoms with Crippen LogP contribution in [-0.2, 0) is 11.3 Å². The van der Waals surface area contributed by atoms with Crippen molar-refractivity contribution in [2.24, 2.45) is 0 Å². The van der Waals surface area contributed by atoms with Crippen molar-refractivity contribution in [2.75, 3.05) is 13.1 Å². The molecular formula is C13H18BNO3. The third kappa shape index (κ3) is 2.59. The molecule has 3 rings (SSSR count). The molecule has 0 saturated carbocycles. The van der Waals surface area contributed by atoms with Crippen LogP contribution in [0.15, 0.2) is 24.3 Å². The minimum Gasteiger partial charge on any atom is -0.423 e. The molecule has 96 valence electrons. The summed E-state index contributed by atoms with van der Waals surface area (Å²) in [7, 11) is -1.38. The van der Waals surface area contributed by atoms with Gasteiger partial charge in [0.2, 0.25) is 0 Å². The highest BCUT2D eigenvalue weighted by atomic mass is 16.5. The Morgan fingerprint density at radius 3 is 2.61 bits per heavy atom. The minimum absolute atomic E-state index is 0.398. The summed E-state index contributed by atoms with van der Waals surface area (Å²) in [5.41, 5.74) is 1.69. The van der Waals surface area contributed by atoms with Gasteiger partial charge >= 0.3 is 7.12 Å². The Bertz CT molecular complexity index is 414. The predicted molar refractivity (Wildman–Crippen MR) is 69.4 cm³/mol. The smallest absolute Gasteiger partial charge is 0.423 e. The Hall–Kier alpha value is -0.875. The minimum atomic E-state index is -1.38. The molecule has 18 heavy (non-hydrogen) atoms. The predicted octanol–water partition coefficient (Wildman–Crippen LogP) is -0.270. The zero-order chi connectivity index (χ0) is 12.5. The molecule has 2 aliphatic heterocycles. The molecule has 4 nitrogen and oxygen atoms in total. The van der Waals surface area contributed by atoms with Crippen molar-refractivity contribution < 1.29 is 14.8 Å². The Kier molecular flexibility index (Phi) is 3.39. The first kappa shape index (κ1) is 12.2. The fourth-order valence-corrected chi connectivity index (χ4v) is 2.94. The van der Waals surface area contributed by atoms with E-state index in [0.717, 1.165) is 25.2 Å². The number of likely N-dealkylation sites (tertiary alicyclic amines) is 1. The van der Waals surface area contributed by atoms with Crippen molar-refractivity contribution in [1.82, 2.24) is 4.90 Å². The van der Waals surface area contributed by atoms with E-state index >= 15 is 0 Å². The molecule has 0 radical (unpaired) electrons. The van der Waals surface area contributed by atoms with E-state index in [1.807, 2.05) is 18.2 Å². The number of hydrogen-bond donors (Lipinski definition) is 2. The molecule has 1 aromatic carbocycles. The van der Waals surface area contributed by atoms with Crippen LogP contribution in [0.3, 0.4) is 0 Å². The lowest BCUT2D eigenvalue weighted by Crippen LogP contribution is -2.42. The number of hydrogen-bond acceptors (Lipinski definition) is 4. The summed E-state index contributed by atoms with van der Waals surface area (Å²) in [5.74, 6) is 0. The second-order valence-corrected chi connectivity index (χ2v) is 5.27. The molecule has 2 heterocycles. The van der Waals surface area contributed by atoms with Crippen LogP contribution < -0.4 is 5.46 Å². The Balaban J connectivity index is 1.67. The maximum atomic E-state index is 9.17. The van der Waals surface area contributed by atoms with Crippen molar-refractivity contribution in [1.29, 1.82) is 0 Å². The summed E-state index contributed by atoms with van der Waals surface area (Å²) in [6.45, 7) is 2.84. The fraction of sp³-hybridized carbons (Fsp3) is 0.538. The van der Waals surface area contributed by atoms with Crippen LogP contribution in [0.25, 0.3) is 0 Å². The molecule has 2 bridgehead atoms. The monoisotopic (exact) mass is 247 g/mol. The van der Waals surface area contributed by atoms with Gasteiger partial charge in [0, 0.05) is 19.6 Å². The van der Waals surface area contributed by atoms with Crippen LogP contribution in [0.2, 0.25) is 0 Å². The number of rotatable bonds is 3. The van der Waals surface area contributed by atoms with Gasteiger partial charge in [0.05, 0.1) is 12.2 Å². The number of nitrogens with zero attached hydrogens (tertiary/aromatic N) is 1. The van der Waals surface area contributed by atoms with E-state index in [-0.39, 0.29) is 0 Å². The van der Waals surface area contributed by atoms with Crippen molar-refractivity contribution >= 4 is 12.6 Å². The lowest BCUT2D eigenvalue weighted by Gasteiger charge is -2.32. The van der Waals surface area contributed by atoms with Gasteiger partial charge in [0.25, 0.3) is 0 Å². The Morgan fingerprint density at radius 1 is 1.22 bits per heavy atom. The van der Waals surface area contributed by atoms with Gasteiger partial charge in [-0.1, -0.05) is 24.3 Å². The van der Waals surface area contributed by atoms with Gasteiger partial charge in [-0.3, -0.25) is 4.90 Å². The lowest BCUT2D eigenvalue weighted by atomic mass is 9.79. The van der Waals surface area contributed by atoms with Gasteiger partial charge in [-0.2, -0.15) is 0 Å². The Labute approximate surface area is 107 Å². The summed E-state index contributed by atoms with van der Waals surface area (Å²) in [6, 6.07) is 7.50. The third-order valence-corrected chi connectivity index (χ3v) is 3.77.